The average Bonchev–Trinajstić information content (AvgIpc) is 3.62. The van der Waals surface area contributed by atoms with E-state index < -0.39 is 0 Å². The van der Waals surface area contributed by atoms with Crippen LogP contribution in [0.5, 0.6) is 0 Å². The molecule has 2 aromatic carbocycles. The summed E-state index contributed by atoms with van der Waals surface area (Å²) >= 11 is 6.41. The van der Waals surface area contributed by atoms with Crippen molar-refractivity contribution >= 4 is 29.0 Å². The standard InChI is InChI=1S/C30H34ClN3O5/c31-27-18-24(8-5-23(27)19-32)34-29(20-3-1-2-4-20)26-10-6-21-17-22(7-9-25(21)28(26)33-34)30(36)39-16-15-38-14-13-37-12-11-35/h5,7-9,17-18,20,26,29,35H,1-4,6,10-16H2. The van der Waals surface area contributed by atoms with Gasteiger partial charge in [0.15, 0.2) is 0 Å². The Labute approximate surface area is 234 Å². The molecule has 5 rings (SSSR count). The van der Waals surface area contributed by atoms with Crippen molar-refractivity contribution in [3.63, 3.8) is 0 Å². The number of anilines is 1. The molecule has 0 saturated heterocycles. The Morgan fingerprint density at radius 1 is 1.05 bits per heavy atom. The molecule has 39 heavy (non-hydrogen) atoms. The van der Waals surface area contributed by atoms with Crippen molar-refractivity contribution in [2.24, 2.45) is 16.9 Å². The van der Waals surface area contributed by atoms with Gasteiger partial charge in [0.2, 0.25) is 0 Å². The van der Waals surface area contributed by atoms with Crippen molar-refractivity contribution in [3.8, 4) is 6.07 Å². The van der Waals surface area contributed by atoms with Gasteiger partial charge in [-0.3, -0.25) is 5.01 Å². The van der Waals surface area contributed by atoms with Gasteiger partial charge in [-0.05, 0) is 67.5 Å². The SMILES string of the molecule is N#Cc1ccc(N2N=C3c4ccc(C(=O)OCCOCCOCCO)cc4CCC3C2C2CCCC2)cc1Cl. The number of rotatable bonds is 11. The van der Waals surface area contributed by atoms with Gasteiger partial charge in [-0.2, -0.15) is 10.4 Å². The quantitative estimate of drug-likeness (QED) is 0.318. The van der Waals surface area contributed by atoms with Crippen LogP contribution in [-0.2, 0) is 20.6 Å². The summed E-state index contributed by atoms with van der Waals surface area (Å²) in [5.41, 5.74) is 5.19. The fourth-order valence-corrected chi connectivity index (χ4v) is 6.31. The Kier molecular flexibility index (Phi) is 9.15. The van der Waals surface area contributed by atoms with Crippen LogP contribution in [0.2, 0.25) is 5.02 Å². The van der Waals surface area contributed by atoms with E-state index in [0.29, 0.717) is 41.2 Å². The number of carbonyl (C=O) groups is 1. The van der Waals surface area contributed by atoms with E-state index in [1.165, 1.54) is 25.7 Å². The lowest BCUT2D eigenvalue weighted by atomic mass is 9.75. The Bertz CT molecular complexity index is 1250. The summed E-state index contributed by atoms with van der Waals surface area (Å²) in [5, 5.41) is 25.8. The molecule has 0 bridgehead atoms. The largest absolute Gasteiger partial charge is 0.460 e. The smallest absolute Gasteiger partial charge is 0.338 e. The molecule has 8 nitrogen and oxygen atoms in total. The van der Waals surface area contributed by atoms with Crippen molar-refractivity contribution in [1.82, 2.24) is 0 Å². The first-order valence-electron chi connectivity index (χ1n) is 13.7. The van der Waals surface area contributed by atoms with Crippen molar-refractivity contribution in [3.05, 3.63) is 63.7 Å². The van der Waals surface area contributed by atoms with Crippen LogP contribution in [0.1, 0.15) is 59.2 Å². The summed E-state index contributed by atoms with van der Waals surface area (Å²) in [5.74, 6) is 0.502. The van der Waals surface area contributed by atoms with Crippen LogP contribution in [-0.4, -0.2) is 62.5 Å². The summed E-state index contributed by atoms with van der Waals surface area (Å²) in [6, 6.07) is 13.7. The highest BCUT2D eigenvalue weighted by molar-refractivity contribution is 6.32. The van der Waals surface area contributed by atoms with Crippen molar-refractivity contribution in [2.75, 3.05) is 44.7 Å². The van der Waals surface area contributed by atoms with Gasteiger partial charge in [0.05, 0.1) is 66.6 Å². The zero-order valence-electron chi connectivity index (χ0n) is 22.0. The van der Waals surface area contributed by atoms with Crippen LogP contribution < -0.4 is 5.01 Å². The van der Waals surface area contributed by atoms with E-state index in [9.17, 15) is 10.1 Å². The fraction of sp³-hybridized carbons (Fsp3) is 0.500. The van der Waals surface area contributed by atoms with E-state index >= 15 is 0 Å². The number of hydrogen-bond donors (Lipinski definition) is 1. The zero-order chi connectivity index (χ0) is 27.2. The highest BCUT2D eigenvalue weighted by Crippen LogP contribution is 2.45. The molecule has 3 aliphatic rings. The summed E-state index contributed by atoms with van der Waals surface area (Å²) in [6.45, 7) is 1.49. The number of carbonyl (C=O) groups excluding carboxylic acids is 1. The van der Waals surface area contributed by atoms with Crippen LogP contribution in [0, 0.1) is 23.2 Å². The molecule has 0 radical (unpaired) electrons. The first kappa shape index (κ1) is 27.6. The van der Waals surface area contributed by atoms with Gasteiger partial charge >= 0.3 is 5.97 Å². The van der Waals surface area contributed by atoms with Crippen LogP contribution in [0.4, 0.5) is 5.69 Å². The van der Waals surface area contributed by atoms with Gasteiger partial charge in [-0.15, -0.1) is 0 Å². The topological polar surface area (TPSA) is 104 Å². The Morgan fingerprint density at radius 3 is 2.56 bits per heavy atom. The van der Waals surface area contributed by atoms with E-state index in [-0.39, 0.29) is 38.4 Å². The zero-order valence-corrected chi connectivity index (χ0v) is 22.7. The molecule has 0 spiro atoms. The minimum atomic E-state index is -0.369. The van der Waals surface area contributed by atoms with E-state index in [4.69, 9.17) is 36.0 Å². The van der Waals surface area contributed by atoms with Crippen LogP contribution in [0.25, 0.3) is 0 Å². The van der Waals surface area contributed by atoms with Crippen LogP contribution >= 0.6 is 11.6 Å². The van der Waals surface area contributed by atoms with Gasteiger partial charge in [0.25, 0.3) is 0 Å². The second-order valence-electron chi connectivity index (χ2n) is 10.2. The molecule has 2 aliphatic carbocycles. The van der Waals surface area contributed by atoms with Gasteiger partial charge in [-0.25, -0.2) is 4.79 Å². The van der Waals surface area contributed by atoms with E-state index in [1.54, 1.807) is 6.07 Å². The fourth-order valence-electron chi connectivity index (χ4n) is 6.10. The van der Waals surface area contributed by atoms with Gasteiger partial charge < -0.3 is 19.3 Å². The predicted molar refractivity (Wildman–Crippen MR) is 148 cm³/mol. The number of ether oxygens (including phenoxy) is 3. The Hall–Kier alpha value is -2.96. The molecule has 2 unspecified atom stereocenters. The first-order valence-corrected chi connectivity index (χ1v) is 14.1. The molecule has 1 heterocycles. The molecule has 9 heteroatoms. The number of nitrogens with zero attached hydrogens (tertiary/aromatic N) is 3. The minimum Gasteiger partial charge on any atom is -0.460 e. The summed E-state index contributed by atoms with van der Waals surface area (Å²) in [7, 11) is 0. The third-order valence-electron chi connectivity index (χ3n) is 7.89. The molecule has 0 amide bonds. The molecule has 1 N–H and O–H groups in total. The van der Waals surface area contributed by atoms with Gasteiger partial charge in [-0.1, -0.05) is 30.5 Å². The highest BCUT2D eigenvalue weighted by atomic mass is 35.5. The van der Waals surface area contributed by atoms with Crippen molar-refractivity contribution < 1.29 is 24.1 Å². The number of hydrazone groups is 1. The number of aliphatic hydroxyl groups excluding tert-OH is 1. The average molecular weight is 552 g/mol. The number of aliphatic hydroxyl groups is 1. The number of aryl methyl sites for hydroxylation is 1. The maximum absolute atomic E-state index is 12.7. The molecule has 2 aromatic rings. The first-order chi connectivity index (χ1) is 19.1. The number of fused-ring (bicyclic) bond motifs is 3. The number of benzene rings is 2. The lowest BCUT2D eigenvalue weighted by molar-refractivity contribution is 0.00919. The van der Waals surface area contributed by atoms with Gasteiger partial charge in [0, 0.05) is 11.5 Å². The van der Waals surface area contributed by atoms with Crippen LogP contribution in [0.3, 0.4) is 0 Å². The van der Waals surface area contributed by atoms with E-state index in [1.807, 2.05) is 30.3 Å². The second-order valence-corrected chi connectivity index (χ2v) is 10.6. The Morgan fingerprint density at radius 2 is 1.82 bits per heavy atom. The number of nitriles is 1. The third-order valence-corrected chi connectivity index (χ3v) is 8.20. The monoisotopic (exact) mass is 551 g/mol. The molecule has 2 atom stereocenters. The lowest BCUT2D eigenvalue weighted by Gasteiger charge is -2.34. The summed E-state index contributed by atoms with van der Waals surface area (Å²) < 4.78 is 15.9. The minimum absolute atomic E-state index is 0.0161. The Balaban J connectivity index is 1.30. The second kappa shape index (κ2) is 12.9. The third kappa shape index (κ3) is 6.12. The molecule has 0 aromatic heterocycles. The van der Waals surface area contributed by atoms with E-state index in [0.717, 1.165) is 35.4 Å². The molecule has 1 aliphatic heterocycles. The number of hydrogen-bond acceptors (Lipinski definition) is 8. The van der Waals surface area contributed by atoms with Crippen molar-refractivity contribution in [1.29, 1.82) is 5.26 Å². The molecule has 206 valence electrons. The predicted octanol–water partition coefficient (Wildman–Crippen LogP) is 4.74. The highest BCUT2D eigenvalue weighted by Gasteiger charge is 2.45. The molecule has 1 saturated carbocycles. The summed E-state index contributed by atoms with van der Waals surface area (Å²) in [4.78, 5) is 12.7. The maximum atomic E-state index is 12.7. The number of esters is 1. The summed E-state index contributed by atoms with van der Waals surface area (Å²) in [6.07, 6.45) is 6.73. The normalized spacial score (nSPS) is 20.3. The van der Waals surface area contributed by atoms with E-state index in [2.05, 4.69) is 11.1 Å². The van der Waals surface area contributed by atoms with Crippen molar-refractivity contribution in [2.45, 2.75) is 44.6 Å². The number of halogens is 1. The van der Waals surface area contributed by atoms with Crippen LogP contribution in [0.15, 0.2) is 41.5 Å². The lowest BCUT2D eigenvalue weighted by Crippen LogP contribution is -2.40. The molecular weight excluding hydrogens is 518 g/mol. The molecular formula is C30H34ClN3O5. The van der Waals surface area contributed by atoms with Gasteiger partial charge in [0.1, 0.15) is 12.7 Å². The maximum Gasteiger partial charge on any atom is 0.338 e. The molecule has 1 fully saturated rings.